The third-order valence-electron chi connectivity index (χ3n) is 4.57. The zero-order chi connectivity index (χ0) is 17.1. The Labute approximate surface area is 142 Å². The fraction of sp³-hybridized carbons (Fsp3) is 0.706. The summed E-state index contributed by atoms with van der Waals surface area (Å²) < 4.78 is 7.26. The highest BCUT2D eigenvalue weighted by Crippen LogP contribution is 2.29. The van der Waals surface area contributed by atoms with E-state index in [4.69, 9.17) is 4.52 Å². The lowest BCUT2D eigenvalue weighted by Crippen LogP contribution is -2.38. The van der Waals surface area contributed by atoms with E-state index in [1.165, 1.54) is 0 Å². The van der Waals surface area contributed by atoms with Gasteiger partial charge in [-0.1, -0.05) is 19.0 Å². The van der Waals surface area contributed by atoms with Gasteiger partial charge in [-0.05, 0) is 25.3 Å². The van der Waals surface area contributed by atoms with Crippen molar-refractivity contribution in [1.29, 1.82) is 0 Å². The highest BCUT2D eigenvalue weighted by molar-refractivity contribution is 4.99. The topological polar surface area (TPSA) is 80.2 Å². The highest BCUT2D eigenvalue weighted by Gasteiger charge is 2.29. The lowest BCUT2D eigenvalue weighted by Gasteiger charge is -2.34. The van der Waals surface area contributed by atoms with Crippen molar-refractivity contribution in [2.75, 3.05) is 13.1 Å². The molecule has 0 aromatic carbocycles. The van der Waals surface area contributed by atoms with Crippen LogP contribution in [-0.2, 0) is 20.0 Å². The molecule has 0 radical (unpaired) electrons. The molecule has 3 rings (SSSR count). The van der Waals surface area contributed by atoms with Gasteiger partial charge in [0.15, 0.2) is 5.82 Å². The molecule has 1 fully saturated rings. The van der Waals surface area contributed by atoms with Crippen LogP contribution in [0, 0.1) is 11.8 Å². The Hall–Kier alpha value is -1.73. The highest BCUT2D eigenvalue weighted by atomic mass is 16.5. The molecule has 132 valence electrons. The standard InChI is InChI=1S/C17H27N5O2/c1-12(2)9-14-19-15(24-20-14)11-22-7-4-5-13(10-22)16(23)17-18-6-8-21(17)3/h6,8,12-13,16,23H,4-5,7,9-11H2,1-3H3/t13-,16-/m1/s1. The van der Waals surface area contributed by atoms with E-state index in [1.807, 2.05) is 17.8 Å². The van der Waals surface area contributed by atoms with E-state index in [-0.39, 0.29) is 5.92 Å². The largest absolute Gasteiger partial charge is 0.385 e. The predicted octanol–water partition coefficient (Wildman–Crippen LogP) is 1.95. The summed E-state index contributed by atoms with van der Waals surface area (Å²) in [6.07, 6.45) is 5.96. The third kappa shape index (κ3) is 4.02. The smallest absolute Gasteiger partial charge is 0.240 e. The van der Waals surface area contributed by atoms with E-state index in [0.29, 0.717) is 18.4 Å². The van der Waals surface area contributed by atoms with Gasteiger partial charge in [0.1, 0.15) is 11.9 Å². The number of aromatic nitrogens is 4. The Kier molecular flexibility index (Phi) is 5.30. The van der Waals surface area contributed by atoms with Gasteiger partial charge in [0.25, 0.3) is 0 Å². The second kappa shape index (κ2) is 7.44. The van der Waals surface area contributed by atoms with Gasteiger partial charge in [0, 0.05) is 38.3 Å². The van der Waals surface area contributed by atoms with Crippen molar-refractivity contribution in [3.8, 4) is 0 Å². The number of hydrogen-bond acceptors (Lipinski definition) is 6. The molecule has 0 bridgehead atoms. The maximum absolute atomic E-state index is 10.6. The Morgan fingerprint density at radius 2 is 2.25 bits per heavy atom. The average molecular weight is 333 g/mol. The number of likely N-dealkylation sites (tertiary alicyclic amines) is 1. The van der Waals surface area contributed by atoms with Crippen molar-refractivity contribution in [3.63, 3.8) is 0 Å². The van der Waals surface area contributed by atoms with E-state index in [9.17, 15) is 5.11 Å². The number of aliphatic hydroxyl groups excluding tert-OH is 1. The summed E-state index contributed by atoms with van der Waals surface area (Å²) in [5.74, 6) is 2.87. The third-order valence-corrected chi connectivity index (χ3v) is 4.57. The number of aliphatic hydroxyl groups is 1. The molecular formula is C17H27N5O2. The fourth-order valence-electron chi connectivity index (χ4n) is 3.36. The summed E-state index contributed by atoms with van der Waals surface area (Å²) >= 11 is 0. The van der Waals surface area contributed by atoms with E-state index in [0.717, 1.165) is 44.0 Å². The van der Waals surface area contributed by atoms with Gasteiger partial charge >= 0.3 is 0 Å². The van der Waals surface area contributed by atoms with Gasteiger partial charge in [-0.25, -0.2) is 4.98 Å². The first-order chi connectivity index (χ1) is 11.5. The van der Waals surface area contributed by atoms with Gasteiger partial charge in [0.05, 0.1) is 6.54 Å². The SMILES string of the molecule is CC(C)Cc1noc(CN2CCC[C@@H]([C@@H](O)c3nccn3C)C2)n1. The molecule has 1 aliphatic rings. The molecule has 3 heterocycles. The van der Waals surface area contributed by atoms with Crippen molar-refractivity contribution >= 4 is 0 Å². The fourth-order valence-corrected chi connectivity index (χ4v) is 3.36. The molecule has 2 aromatic rings. The number of imidazole rings is 1. The quantitative estimate of drug-likeness (QED) is 0.870. The van der Waals surface area contributed by atoms with Crippen LogP contribution >= 0.6 is 0 Å². The first-order valence-corrected chi connectivity index (χ1v) is 8.72. The van der Waals surface area contributed by atoms with Crippen LogP contribution in [-0.4, -0.2) is 42.8 Å². The maximum Gasteiger partial charge on any atom is 0.240 e. The molecule has 0 aliphatic carbocycles. The zero-order valence-corrected chi connectivity index (χ0v) is 14.7. The molecule has 7 heteroatoms. The summed E-state index contributed by atoms with van der Waals surface area (Å²) in [5.41, 5.74) is 0. The summed E-state index contributed by atoms with van der Waals surface area (Å²) in [6.45, 7) is 6.74. The number of aryl methyl sites for hydroxylation is 1. The van der Waals surface area contributed by atoms with Crippen LogP contribution in [0.5, 0.6) is 0 Å². The van der Waals surface area contributed by atoms with Crippen LogP contribution in [0.25, 0.3) is 0 Å². The molecule has 0 amide bonds. The molecule has 2 aromatic heterocycles. The second-order valence-corrected chi connectivity index (χ2v) is 7.18. The summed E-state index contributed by atoms with van der Waals surface area (Å²) in [7, 11) is 1.92. The monoisotopic (exact) mass is 333 g/mol. The molecule has 1 N–H and O–H groups in total. The van der Waals surface area contributed by atoms with Crippen molar-refractivity contribution in [1.82, 2.24) is 24.6 Å². The Bertz CT molecular complexity index is 651. The van der Waals surface area contributed by atoms with Crippen LogP contribution in [0.3, 0.4) is 0 Å². The number of rotatable bonds is 6. The van der Waals surface area contributed by atoms with Crippen LogP contribution in [0.15, 0.2) is 16.9 Å². The summed E-state index contributed by atoms with van der Waals surface area (Å²) in [4.78, 5) is 11.0. The molecular weight excluding hydrogens is 306 g/mol. The molecule has 24 heavy (non-hydrogen) atoms. The van der Waals surface area contributed by atoms with Crippen molar-refractivity contribution in [2.45, 2.75) is 45.8 Å². The van der Waals surface area contributed by atoms with Gasteiger partial charge < -0.3 is 14.2 Å². The second-order valence-electron chi connectivity index (χ2n) is 7.18. The Balaban J connectivity index is 1.59. The molecule has 1 aliphatic heterocycles. The van der Waals surface area contributed by atoms with Crippen LogP contribution in [0.1, 0.15) is 50.3 Å². The van der Waals surface area contributed by atoms with Crippen LogP contribution < -0.4 is 0 Å². The normalized spacial score (nSPS) is 20.6. The minimum absolute atomic E-state index is 0.179. The van der Waals surface area contributed by atoms with Crippen molar-refractivity contribution in [2.24, 2.45) is 18.9 Å². The molecule has 2 atom stereocenters. The average Bonchev–Trinajstić information content (AvgIpc) is 3.15. The lowest BCUT2D eigenvalue weighted by molar-refractivity contribution is 0.0372. The Morgan fingerprint density at radius 3 is 2.96 bits per heavy atom. The Morgan fingerprint density at radius 1 is 1.42 bits per heavy atom. The lowest BCUT2D eigenvalue weighted by atomic mass is 9.92. The first-order valence-electron chi connectivity index (χ1n) is 8.72. The van der Waals surface area contributed by atoms with E-state index >= 15 is 0 Å². The molecule has 7 nitrogen and oxygen atoms in total. The number of hydrogen-bond donors (Lipinski definition) is 1. The first kappa shape index (κ1) is 17.1. The van der Waals surface area contributed by atoms with Crippen LogP contribution in [0.4, 0.5) is 0 Å². The summed E-state index contributed by atoms with van der Waals surface area (Å²) in [5, 5.41) is 14.7. The molecule has 0 spiro atoms. The van der Waals surface area contributed by atoms with Crippen molar-refractivity contribution in [3.05, 3.63) is 29.9 Å². The summed E-state index contributed by atoms with van der Waals surface area (Å²) in [6, 6.07) is 0. The van der Waals surface area contributed by atoms with E-state index in [1.54, 1.807) is 6.20 Å². The van der Waals surface area contributed by atoms with E-state index in [2.05, 4.69) is 33.9 Å². The van der Waals surface area contributed by atoms with Gasteiger partial charge in [-0.15, -0.1) is 0 Å². The van der Waals surface area contributed by atoms with Gasteiger partial charge in [0.2, 0.25) is 5.89 Å². The van der Waals surface area contributed by atoms with Crippen molar-refractivity contribution < 1.29 is 9.63 Å². The maximum atomic E-state index is 10.6. The van der Waals surface area contributed by atoms with Gasteiger partial charge in [-0.3, -0.25) is 4.90 Å². The zero-order valence-electron chi connectivity index (χ0n) is 14.7. The van der Waals surface area contributed by atoms with Crippen LogP contribution in [0.2, 0.25) is 0 Å². The number of piperidine rings is 1. The molecule has 0 unspecified atom stereocenters. The number of nitrogens with zero attached hydrogens (tertiary/aromatic N) is 5. The minimum Gasteiger partial charge on any atom is -0.385 e. The van der Waals surface area contributed by atoms with E-state index < -0.39 is 6.10 Å². The predicted molar refractivity (Wildman–Crippen MR) is 89.0 cm³/mol. The molecule has 1 saturated heterocycles. The van der Waals surface area contributed by atoms with Gasteiger partial charge in [-0.2, -0.15) is 4.98 Å². The molecule has 0 saturated carbocycles. The minimum atomic E-state index is -0.535.